The first-order valence-corrected chi connectivity index (χ1v) is 14.4. The molecule has 1 saturated heterocycles. The van der Waals surface area contributed by atoms with E-state index in [0.29, 0.717) is 28.7 Å². The van der Waals surface area contributed by atoms with Crippen LogP contribution in [-0.2, 0) is 14.8 Å². The molecule has 212 valence electrons. The lowest BCUT2D eigenvalue weighted by Gasteiger charge is -2.25. The zero-order valence-electron chi connectivity index (χ0n) is 22.4. The standard InChI is InChI=1S/C29H32FN3O6S/c1-38-26-16-15-21(19-27(26)39-2)40(36,37)33(25-14-8-6-12-23(25)30)20-28(34)31-24-13-7-5-11-22(24)29(35)32-17-9-3-4-10-18-32/h5-8,11-16,19H,3-4,9-10,17-18,20H2,1-2H3,(H,31,34). The molecule has 1 fully saturated rings. The van der Waals surface area contributed by atoms with Gasteiger partial charge in [0, 0.05) is 19.2 Å². The summed E-state index contributed by atoms with van der Waals surface area (Å²) >= 11 is 0. The van der Waals surface area contributed by atoms with Crippen LogP contribution in [0.3, 0.4) is 0 Å². The minimum absolute atomic E-state index is 0.155. The second-order valence-corrected chi connectivity index (χ2v) is 11.1. The number of benzene rings is 3. The Morgan fingerprint density at radius 1 is 0.900 bits per heavy atom. The number of hydrogen-bond donors (Lipinski definition) is 1. The summed E-state index contributed by atoms with van der Waals surface area (Å²) in [5.74, 6) is -1.31. The number of para-hydroxylation sites is 2. The second kappa shape index (κ2) is 12.8. The Hall–Kier alpha value is -4.12. The predicted molar refractivity (Wildman–Crippen MR) is 150 cm³/mol. The van der Waals surface area contributed by atoms with Crippen molar-refractivity contribution in [3.63, 3.8) is 0 Å². The molecule has 3 aromatic rings. The number of rotatable bonds is 9. The molecule has 0 aliphatic carbocycles. The van der Waals surface area contributed by atoms with E-state index in [1.165, 1.54) is 50.6 Å². The maximum Gasteiger partial charge on any atom is 0.265 e. The lowest BCUT2D eigenvalue weighted by molar-refractivity contribution is -0.114. The third-order valence-electron chi connectivity index (χ3n) is 6.68. The van der Waals surface area contributed by atoms with Crippen LogP contribution >= 0.6 is 0 Å². The molecular formula is C29H32FN3O6S. The molecule has 9 nitrogen and oxygen atoms in total. The summed E-state index contributed by atoms with van der Waals surface area (Å²) in [4.78, 5) is 28.1. The highest BCUT2D eigenvalue weighted by molar-refractivity contribution is 7.92. The van der Waals surface area contributed by atoms with Crippen LogP contribution in [0.15, 0.2) is 71.6 Å². The minimum Gasteiger partial charge on any atom is -0.493 e. The number of likely N-dealkylation sites (tertiary alicyclic amines) is 1. The van der Waals surface area contributed by atoms with E-state index in [9.17, 15) is 22.4 Å². The minimum atomic E-state index is -4.45. The predicted octanol–water partition coefficient (Wildman–Crippen LogP) is 4.69. The van der Waals surface area contributed by atoms with Gasteiger partial charge in [-0.3, -0.25) is 13.9 Å². The number of amides is 2. The number of carbonyl (C=O) groups excluding carboxylic acids is 2. The van der Waals surface area contributed by atoms with E-state index >= 15 is 0 Å². The van der Waals surface area contributed by atoms with Crippen molar-refractivity contribution in [2.75, 3.05) is 43.5 Å². The topological polar surface area (TPSA) is 105 Å². The van der Waals surface area contributed by atoms with E-state index in [4.69, 9.17) is 9.47 Å². The number of ether oxygens (including phenoxy) is 2. The number of halogens is 1. The molecule has 1 N–H and O–H groups in total. The van der Waals surface area contributed by atoms with Gasteiger partial charge in [0.2, 0.25) is 5.91 Å². The molecule has 0 atom stereocenters. The normalized spacial score (nSPS) is 13.7. The van der Waals surface area contributed by atoms with Gasteiger partial charge in [-0.1, -0.05) is 37.1 Å². The quantitative estimate of drug-likeness (QED) is 0.401. The molecule has 1 aliphatic rings. The number of anilines is 2. The van der Waals surface area contributed by atoms with Gasteiger partial charge in [0.25, 0.3) is 15.9 Å². The summed E-state index contributed by atoms with van der Waals surface area (Å²) in [5.41, 5.74) is 0.248. The Balaban J connectivity index is 1.65. The molecular weight excluding hydrogens is 537 g/mol. The largest absolute Gasteiger partial charge is 0.493 e. The van der Waals surface area contributed by atoms with Crippen LogP contribution in [0.5, 0.6) is 11.5 Å². The summed E-state index contributed by atoms with van der Waals surface area (Å²) in [6, 6.07) is 15.8. The van der Waals surface area contributed by atoms with E-state index in [1.807, 2.05) is 0 Å². The molecule has 0 saturated carbocycles. The molecule has 40 heavy (non-hydrogen) atoms. The van der Waals surface area contributed by atoms with Crippen LogP contribution in [0.2, 0.25) is 0 Å². The SMILES string of the molecule is COc1ccc(S(=O)(=O)N(CC(=O)Nc2ccccc2C(=O)N2CCCCCC2)c2ccccc2F)cc1OC. The molecule has 1 aliphatic heterocycles. The molecule has 4 rings (SSSR count). The van der Waals surface area contributed by atoms with Gasteiger partial charge in [-0.25, -0.2) is 12.8 Å². The smallest absolute Gasteiger partial charge is 0.265 e. The molecule has 2 amide bonds. The monoisotopic (exact) mass is 569 g/mol. The summed E-state index contributed by atoms with van der Waals surface area (Å²) in [6.45, 7) is 0.515. The summed E-state index contributed by atoms with van der Waals surface area (Å²) in [5, 5.41) is 2.67. The molecule has 11 heteroatoms. The summed E-state index contributed by atoms with van der Waals surface area (Å²) in [6.07, 6.45) is 3.93. The average Bonchev–Trinajstić information content (AvgIpc) is 3.25. The van der Waals surface area contributed by atoms with Gasteiger partial charge in [-0.15, -0.1) is 0 Å². The Bertz CT molecular complexity index is 1470. The average molecular weight is 570 g/mol. The summed E-state index contributed by atoms with van der Waals surface area (Å²) in [7, 11) is -1.67. The van der Waals surface area contributed by atoms with Gasteiger partial charge < -0.3 is 19.7 Å². The molecule has 0 aromatic heterocycles. The van der Waals surface area contributed by atoms with Crippen LogP contribution in [0.25, 0.3) is 0 Å². The van der Waals surface area contributed by atoms with Crippen molar-refractivity contribution < 1.29 is 31.9 Å². The highest BCUT2D eigenvalue weighted by Gasteiger charge is 2.31. The number of hydrogen-bond acceptors (Lipinski definition) is 6. The fourth-order valence-electron chi connectivity index (χ4n) is 4.60. The van der Waals surface area contributed by atoms with Crippen molar-refractivity contribution >= 4 is 33.2 Å². The lowest BCUT2D eigenvalue weighted by Crippen LogP contribution is -2.39. The van der Waals surface area contributed by atoms with E-state index in [2.05, 4.69) is 5.32 Å². The third kappa shape index (κ3) is 6.36. The van der Waals surface area contributed by atoms with Crippen molar-refractivity contribution in [3.05, 3.63) is 78.1 Å². The number of carbonyl (C=O) groups is 2. The lowest BCUT2D eigenvalue weighted by atomic mass is 10.1. The van der Waals surface area contributed by atoms with Crippen molar-refractivity contribution in [2.24, 2.45) is 0 Å². The molecule has 0 bridgehead atoms. The van der Waals surface area contributed by atoms with Crippen LogP contribution in [0, 0.1) is 5.82 Å². The van der Waals surface area contributed by atoms with Crippen molar-refractivity contribution in [2.45, 2.75) is 30.6 Å². The first kappa shape index (κ1) is 28.9. The molecule has 1 heterocycles. The fraction of sp³-hybridized carbons (Fsp3) is 0.310. The van der Waals surface area contributed by atoms with E-state index in [0.717, 1.165) is 31.7 Å². The highest BCUT2D eigenvalue weighted by Crippen LogP contribution is 2.33. The number of nitrogens with zero attached hydrogens (tertiary/aromatic N) is 2. The van der Waals surface area contributed by atoms with Gasteiger partial charge in [0.15, 0.2) is 11.5 Å². The maximum absolute atomic E-state index is 14.9. The molecule has 0 spiro atoms. The summed E-state index contributed by atoms with van der Waals surface area (Å²) < 4.78 is 53.6. The molecule has 0 unspecified atom stereocenters. The van der Waals surface area contributed by atoms with Gasteiger partial charge in [-0.05, 0) is 49.2 Å². The van der Waals surface area contributed by atoms with Gasteiger partial charge >= 0.3 is 0 Å². The number of methoxy groups -OCH3 is 2. The Morgan fingerprint density at radius 2 is 1.55 bits per heavy atom. The first-order valence-electron chi connectivity index (χ1n) is 12.9. The maximum atomic E-state index is 14.9. The Kier molecular flexibility index (Phi) is 9.26. The molecule has 0 radical (unpaired) electrons. The zero-order valence-corrected chi connectivity index (χ0v) is 23.2. The number of nitrogens with one attached hydrogen (secondary N) is 1. The van der Waals surface area contributed by atoms with Crippen molar-refractivity contribution in [3.8, 4) is 11.5 Å². The van der Waals surface area contributed by atoms with Crippen molar-refractivity contribution in [1.29, 1.82) is 0 Å². The Labute approximate surface area is 233 Å². The van der Waals surface area contributed by atoms with Crippen LogP contribution in [0.4, 0.5) is 15.8 Å². The second-order valence-electron chi connectivity index (χ2n) is 9.28. The van der Waals surface area contributed by atoms with Crippen LogP contribution in [-0.4, -0.2) is 59.0 Å². The third-order valence-corrected chi connectivity index (χ3v) is 8.43. The van der Waals surface area contributed by atoms with Gasteiger partial charge in [0.05, 0.1) is 36.1 Å². The van der Waals surface area contributed by atoms with Gasteiger partial charge in [-0.2, -0.15) is 0 Å². The zero-order chi connectivity index (χ0) is 28.7. The number of sulfonamides is 1. The molecule has 3 aromatic carbocycles. The van der Waals surface area contributed by atoms with Crippen molar-refractivity contribution in [1.82, 2.24) is 4.90 Å². The van der Waals surface area contributed by atoms with E-state index in [1.54, 1.807) is 29.2 Å². The highest BCUT2D eigenvalue weighted by atomic mass is 32.2. The Morgan fingerprint density at radius 3 is 2.23 bits per heavy atom. The van der Waals surface area contributed by atoms with Crippen LogP contribution in [0.1, 0.15) is 36.0 Å². The van der Waals surface area contributed by atoms with Gasteiger partial charge in [0.1, 0.15) is 12.4 Å². The van der Waals surface area contributed by atoms with Crippen LogP contribution < -0.4 is 19.1 Å². The fourth-order valence-corrected chi connectivity index (χ4v) is 6.05. The first-order chi connectivity index (χ1) is 19.3. The van der Waals surface area contributed by atoms with E-state index < -0.39 is 28.3 Å². The van der Waals surface area contributed by atoms with E-state index in [-0.39, 0.29) is 27.9 Å².